The Kier molecular flexibility index (Phi) is 17.0. The van der Waals surface area contributed by atoms with Crippen molar-refractivity contribution in [2.75, 3.05) is 36.8 Å². The molecule has 2 heterocycles. The molecular formula is C53H46Cl4F2N6O4. The van der Waals surface area contributed by atoms with Gasteiger partial charge in [0.05, 0.1) is 11.1 Å². The molecule has 2 aliphatic heterocycles. The zero-order valence-corrected chi connectivity index (χ0v) is 40.1. The first-order valence-corrected chi connectivity index (χ1v) is 23.7. The van der Waals surface area contributed by atoms with Gasteiger partial charge in [0, 0.05) is 92.7 Å². The summed E-state index contributed by atoms with van der Waals surface area (Å²) in [5.74, 6) is -2.68. The highest BCUT2D eigenvalue weighted by molar-refractivity contribution is 6.32. The van der Waals surface area contributed by atoms with Gasteiger partial charge in [-0.15, -0.1) is 0 Å². The Labute approximate surface area is 418 Å². The van der Waals surface area contributed by atoms with E-state index in [1.807, 2.05) is 9.80 Å². The lowest BCUT2D eigenvalue weighted by atomic mass is 9.97. The van der Waals surface area contributed by atoms with Gasteiger partial charge in [0.15, 0.2) is 11.6 Å². The van der Waals surface area contributed by atoms with Crippen LogP contribution in [0.25, 0.3) is 0 Å². The van der Waals surface area contributed by atoms with Crippen LogP contribution >= 0.6 is 46.4 Å². The highest BCUT2D eigenvalue weighted by Crippen LogP contribution is 2.25. The molecular weight excluding hydrogens is 964 g/mol. The van der Waals surface area contributed by atoms with E-state index in [2.05, 4.69) is 10.6 Å². The highest BCUT2D eigenvalue weighted by atomic mass is 35.5. The molecule has 0 atom stereocenters. The number of benzene rings is 6. The molecule has 2 fully saturated rings. The van der Waals surface area contributed by atoms with Crippen LogP contribution in [-0.4, -0.2) is 71.0 Å². The largest absolute Gasteiger partial charge is 0.357 e. The minimum atomic E-state index is -0.687. The molecule has 69 heavy (non-hydrogen) atoms. The normalized spacial score (nSPS) is 13.2. The number of carbonyl (C=O) groups excluding carboxylic acids is 4. The van der Waals surface area contributed by atoms with Crippen LogP contribution in [-0.2, 0) is 12.8 Å². The number of rotatable bonds is 12. The summed E-state index contributed by atoms with van der Waals surface area (Å²) in [4.78, 5) is 55.6. The average Bonchev–Trinajstić information content (AvgIpc) is 3.89. The Morgan fingerprint density at radius 3 is 1.16 bits per heavy atom. The number of halogens is 6. The first-order chi connectivity index (χ1) is 33.1. The number of nitrogens with one attached hydrogen (secondary N) is 4. The van der Waals surface area contributed by atoms with E-state index in [1.165, 1.54) is 36.4 Å². The van der Waals surface area contributed by atoms with E-state index in [4.69, 9.17) is 57.2 Å². The quantitative estimate of drug-likeness (QED) is 0.0545. The fourth-order valence-corrected chi connectivity index (χ4v) is 8.62. The van der Waals surface area contributed by atoms with Gasteiger partial charge in [-0.25, -0.2) is 8.78 Å². The Morgan fingerprint density at radius 2 is 0.797 bits per heavy atom. The molecule has 16 heteroatoms. The zero-order valence-electron chi connectivity index (χ0n) is 37.1. The van der Waals surface area contributed by atoms with Crippen molar-refractivity contribution in [1.29, 1.82) is 10.8 Å². The molecule has 8 rings (SSSR count). The molecule has 0 aliphatic carbocycles. The molecule has 6 aromatic rings. The predicted octanol–water partition coefficient (Wildman–Crippen LogP) is 12.9. The van der Waals surface area contributed by atoms with Crippen LogP contribution in [0.15, 0.2) is 121 Å². The van der Waals surface area contributed by atoms with E-state index in [9.17, 15) is 28.0 Å². The number of ketones is 2. The molecule has 0 spiro atoms. The third-order valence-corrected chi connectivity index (χ3v) is 12.7. The van der Waals surface area contributed by atoms with Crippen LogP contribution in [0.1, 0.15) is 95.8 Å². The van der Waals surface area contributed by atoms with Gasteiger partial charge in [0.25, 0.3) is 11.8 Å². The van der Waals surface area contributed by atoms with Crippen molar-refractivity contribution < 1.29 is 28.0 Å². The van der Waals surface area contributed by atoms with Gasteiger partial charge in [0.2, 0.25) is 0 Å². The van der Waals surface area contributed by atoms with E-state index in [-0.39, 0.29) is 46.8 Å². The van der Waals surface area contributed by atoms with Crippen molar-refractivity contribution in [3.8, 4) is 0 Å². The number of anilines is 2. The molecule has 0 radical (unpaired) electrons. The standard InChI is InChI=1S/C27H24Cl2FN3O2.C26H22Cl2FN3O2/c28-19-7-9-21(10-8-19)32-27(35)23-16-20(29)6-4-17(23)15-25(34)22-11-5-18(14-24(22)30)26(31)33-12-2-1-3-13-33;27-18-6-8-20(9-7-18)31-26(34)22-15-19(28)5-3-16(22)14-24(33)21-10-4-17(13-23(21)29)25(30)32-11-1-2-12-32/h4-11,14,16,31H,1-3,12-13,15H2,(H,32,35);3-10,13,15,30H,1-2,11-12,14H2,(H,31,34). The lowest BCUT2D eigenvalue weighted by Gasteiger charge is -2.29. The lowest BCUT2D eigenvalue weighted by Crippen LogP contribution is -2.35. The monoisotopic (exact) mass is 1010 g/mol. The zero-order chi connectivity index (χ0) is 49.2. The number of likely N-dealkylation sites (tertiary alicyclic amines) is 2. The van der Waals surface area contributed by atoms with Crippen molar-refractivity contribution in [3.05, 3.63) is 198 Å². The summed E-state index contributed by atoms with van der Waals surface area (Å²) in [6.45, 7) is 3.11. The van der Waals surface area contributed by atoms with Gasteiger partial charge in [-0.1, -0.05) is 70.7 Å². The van der Waals surface area contributed by atoms with Crippen LogP contribution in [0.2, 0.25) is 20.1 Å². The Bertz CT molecular complexity index is 2920. The predicted molar refractivity (Wildman–Crippen MR) is 270 cm³/mol. The second kappa shape index (κ2) is 23.2. The maximum Gasteiger partial charge on any atom is 0.256 e. The number of piperidine rings is 1. The number of hydrogen-bond acceptors (Lipinski definition) is 6. The van der Waals surface area contributed by atoms with Crippen molar-refractivity contribution in [2.45, 2.75) is 44.9 Å². The highest BCUT2D eigenvalue weighted by Gasteiger charge is 2.23. The Morgan fingerprint density at radius 1 is 0.449 bits per heavy atom. The van der Waals surface area contributed by atoms with Gasteiger partial charge in [-0.05, 0) is 140 Å². The minimum absolute atomic E-state index is 0.0841. The summed E-state index contributed by atoms with van der Waals surface area (Å²) in [6.07, 6.45) is 4.82. The molecule has 0 saturated carbocycles. The van der Waals surface area contributed by atoms with Gasteiger partial charge in [-0.3, -0.25) is 30.0 Å². The van der Waals surface area contributed by atoms with E-state index >= 15 is 0 Å². The van der Waals surface area contributed by atoms with Crippen LogP contribution in [0, 0.1) is 22.5 Å². The number of Topliss-reactive ketones (excluding diaryl/α,β-unsaturated/α-hetero) is 2. The van der Waals surface area contributed by atoms with Crippen LogP contribution in [0.5, 0.6) is 0 Å². The minimum Gasteiger partial charge on any atom is -0.357 e. The molecule has 2 saturated heterocycles. The van der Waals surface area contributed by atoms with Gasteiger partial charge in [-0.2, -0.15) is 0 Å². The average molecular weight is 1010 g/mol. The Balaban J connectivity index is 0.000000204. The van der Waals surface area contributed by atoms with Crippen molar-refractivity contribution in [3.63, 3.8) is 0 Å². The first-order valence-electron chi connectivity index (χ1n) is 22.2. The van der Waals surface area contributed by atoms with Crippen LogP contribution in [0.4, 0.5) is 20.2 Å². The maximum absolute atomic E-state index is 14.9. The molecule has 354 valence electrons. The smallest absolute Gasteiger partial charge is 0.256 e. The first kappa shape index (κ1) is 50.4. The third kappa shape index (κ3) is 13.2. The van der Waals surface area contributed by atoms with E-state index < -0.39 is 35.0 Å². The van der Waals surface area contributed by atoms with Gasteiger partial charge < -0.3 is 20.4 Å². The number of amides is 2. The van der Waals surface area contributed by atoms with Crippen molar-refractivity contribution in [1.82, 2.24) is 9.80 Å². The summed E-state index contributed by atoms with van der Waals surface area (Å²) in [7, 11) is 0. The SMILES string of the molecule is N=C(c1ccc(C(=O)Cc2ccc(Cl)cc2C(=O)Nc2ccc(Cl)cc2)c(F)c1)N1CCCC1.N=C(c1ccc(C(=O)Cc2ccc(Cl)cc2C(=O)Nc2ccc(Cl)cc2)c(F)c1)N1CCCCC1. The molecule has 6 aromatic carbocycles. The maximum atomic E-state index is 14.9. The van der Waals surface area contributed by atoms with Gasteiger partial charge >= 0.3 is 0 Å². The van der Waals surface area contributed by atoms with Crippen LogP contribution < -0.4 is 10.6 Å². The molecule has 4 N–H and O–H groups in total. The third-order valence-electron chi connectivity index (χ3n) is 11.7. The number of hydrogen-bond donors (Lipinski definition) is 4. The van der Waals surface area contributed by atoms with Gasteiger partial charge in [0.1, 0.15) is 23.3 Å². The van der Waals surface area contributed by atoms with E-state index in [0.717, 1.165) is 58.3 Å². The summed E-state index contributed by atoms with van der Waals surface area (Å²) < 4.78 is 29.8. The van der Waals surface area contributed by atoms with Crippen molar-refractivity contribution in [2.24, 2.45) is 0 Å². The molecule has 2 amide bonds. The van der Waals surface area contributed by atoms with Crippen molar-refractivity contribution >= 4 is 92.8 Å². The number of carbonyl (C=O) groups is 4. The summed E-state index contributed by atoms with van der Waals surface area (Å²) >= 11 is 24.0. The molecule has 0 aromatic heterocycles. The molecule has 0 bridgehead atoms. The lowest BCUT2D eigenvalue weighted by molar-refractivity contribution is 0.0977. The topological polar surface area (TPSA) is 147 Å². The summed E-state index contributed by atoms with van der Waals surface area (Å²) in [5.41, 5.74) is 3.08. The fourth-order valence-electron chi connectivity index (χ4n) is 8.03. The molecule has 2 aliphatic rings. The number of amidine groups is 2. The Hall–Kier alpha value is -6.44. The number of nitrogens with zero attached hydrogens (tertiary/aromatic N) is 2. The molecule has 0 unspecified atom stereocenters. The molecule has 10 nitrogen and oxygen atoms in total. The fraction of sp³-hybridized carbons (Fsp3) is 0.208. The second-order valence-corrected chi connectivity index (χ2v) is 18.3. The summed E-state index contributed by atoms with van der Waals surface area (Å²) in [5, 5.41) is 23.9. The van der Waals surface area contributed by atoms with Crippen LogP contribution in [0.3, 0.4) is 0 Å². The second-order valence-electron chi connectivity index (χ2n) is 16.6. The van der Waals surface area contributed by atoms with E-state index in [0.29, 0.717) is 53.7 Å². The summed E-state index contributed by atoms with van der Waals surface area (Å²) in [6, 6.07) is 31.0. The van der Waals surface area contributed by atoms with E-state index in [1.54, 1.807) is 84.9 Å².